The Morgan fingerprint density at radius 3 is 3.00 bits per heavy atom. The van der Waals surface area contributed by atoms with Gasteiger partial charge in [0.1, 0.15) is 17.9 Å². The van der Waals surface area contributed by atoms with E-state index in [4.69, 9.17) is 4.74 Å². The summed E-state index contributed by atoms with van der Waals surface area (Å²) in [6.07, 6.45) is 7.15. The molecule has 1 saturated heterocycles. The number of nitrogens with zero attached hydrogens (tertiary/aromatic N) is 5. The van der Waals surface area contributed by atoms with E-state index in [1.807, 2.05) is 24.0 Å². The zero-order valence-corrected chi connectivity index (χ0v) is 17.2. The molecule has 2 N–H and O–H groups in total. The fourth-order valence-electron chi connectivity index (χ4n) is 3.83. The van der Waals surface area contributed by atoms with E-state index in [0.717, 1.165) is 24.1 Å². The highest BCUT2D eigenvalue weighted by molar-refractivity contribution is 5.87. The summed E-state index contributed by atoms with van der Waals surface area (Å²) in [5.41, 5.74) is 2.25. The van der Waals surface area contributed by atoms with Crippen LogP contribution in [0.3, 0.4) is 0 Å². The number of aromatic amines is 1. The molecule has 2 atom stereocenters. The number of alkyl halides is 1. The number of carbonyl (C=O) groups is 1. The van der Waals surface area contributed by atoms with Gasteiger partial charge < -0.3 is 19.9 Å². The van der Waals surface area contributed by atoms with Crippen LogP contribution < -0.4 is 10.1 Å². The number of aryl methyl sites for hydroxylation is 1. The highest BCUT2D eigenvalue weighted by Gasteiger charge is 2.33. The number of rotatable bonds is 6. The van der Waals surface area contributed by atoms with Crippen molar-refractivity contribution in [3.8, 4) is 5.88 Å². The van der Waals surface area contributed by atoms with Gasteiger partial charge in [-0.3, -0.25) is 9.48 Å². The molecule has 0 radical (unpaired) electrons. The van der Waals surface area contributed by atoms with Crippen LogP contribution in [0, 0.1) is 6.92 Å². The number of ether oxygens (including phenoxy) is 1. The van der Waals surface area contributed by atoms with Gasteiger partial charge in [-0.25, -0.2) is 4.39 Å². The Bertz CT molecular complexity index is 1140. The Labute approximate surface area is 178 Å². The second-order valence-electron chi connectivity index (χ2n) is 8.06. The Kier molecular flexibility index (Phi) is 4.84. The molecule has 162 valence electrons. The Morgan fingerprint density at radius 2 is 2.23 bits per heavy atom. The number of likely N-dealkylation sites (tertiary alicyclic amines) is 1. The van der Waals surface area contributed by atoms with Crippen molar-refractivity contribution in [2.24, 2.45) is 0 Å². The van der Waals surface area contributed by atoms with Crippen LogP contribution >= 0.6 is 0 Å². The van der Waals surface area contributed by atoms with Crippen LogP contribution in [0.5, 0.6) is 5.88 Å². The first-order chi connectivity index (χ1) is 15.0. The van der Waals surface area contributed by atoms with Crippen LogP contribution in [0.25, 0.3) is 11.0 Å². The lowest BCUT2D eigenvalue weighted by Gasteiger charge is -2.34. The van der Waals surface area contributed by atoms with Crippen LogP contribution in [0.4, 0.5) is 16.0 Å². The van der Waals surface area contributed by atoms with Crippen molar-refractivity contribution in [2.45, 2.75) is 44.5 Å². The van der Waals surface area contributed by atoms with E-state index in [0.29, 0.717) is 29.6 Å². The maximum atomic E-state index is 14.7. The van der Waals surface area contributed by atoms with Crippen molar-refractivity contribution < 1.29 is 13.9 Å². The number of H-pyrrole nitrogens is 1. The zero-order valence-electron chi connectivity index (χ0n) is 17.2. The standard InChI is InChI=1S/C21H24FN7O2/c1-3-17(30)28-7-6-15(22)16(11-28)31-20-18-12(2)8-23-19(18)26-21(27-20)25-13-9-24-29(10-13)14-4-5-14/h3,8-10,14-16H,1,4-7,11H2,2H3,(H2,23,25,26,27)/t15-,16+/m1/s1. The number of fused-ring (bicyclic) bond motifs is 1. The Hall–Kier alpha value is -3.43. The number of nitrogens with one attached hydrogen (secondary N) is 2. The Balaban J connectivity index is 1.43. The summed E-state index contributed by atoms with van der Waals surface area (Å²) < 4.78 is 22.6. The van der Waals surface area contributed by atoms with Gasteiger partial charge in [0, 0.05) is 18.9 Å². The summed E-state index contributed by atoms with van der Waals surface area (Å²) in [5.74, 6) is 0.368. The molecule has 9 nitrogen and oxygen atoms in total. The van der Waals surface area contributed by atoms with E-state index in [2.05, 4.69) is 31.9 Å². The first kappa shape index (κ1) is 19.5. The van der Waals surface area contributed by atoms with Gasteiger partial charge in [-0.15, -0.1) is 0 Å². The summed E-state index contributed by atoms with van der Waals surface area (Å²) in [6, 6.07) is 0.470. The molecule has 0 bridgehead atoms. The summed E-state index contributed by atoms with van der Waals surface area (Å²) in [4.78, 5) is 25.7. The molecule has 1 aliphatic carbocycles. The van der Waals surface area contributed by atoms with Crippen molar-refractivity contribution in [3.05, 3.63) is 36.8 Å². The van der Waals surface area contributed by atoms with E-state index < -0.39 is 12.3 Å². The molecule has 0 aromatic carbocycles. The van der Waals surface area contributed by atoms with Crippen molar-refractivity contribution >= 4 is 28.6 Å². The first-order valence-corrected chi connectivity index (χ1v) is 10.4. The molecule has 2 aliphatic rings. The molecular formula is C21H24FN7O2. The summed E-state index contributed by atoms with van der Waals surface area (Å²) in [6.45, 7) is 5.89. The second-order valence-corrected chi connectivity index (χ2v) is 8.06. The molecule has 10 heteroatoms. The van der Waals surface area contributed by atoms with Crippen LogP contribution in [-0.2, 0) is 4.79 Å². The first-order valence-electron chi connectivity index (χ1n) is 10.4. The zero-order chi connectivity index (χ0) is 21.5. The lowest BCUT2D eigenvalue weighted by molar-refractivity contribution is -0.130. The molecule has 3 aromatic heterocycles. The summed E-state index contributed by atoms with van der Waals surface area (Å²) in [5, 5.41) is 8.21. The molecule has 5 rings (SSSR count). The molecule has 2 fully saturated rings. The van der Waals surface area contributed by atoms with Crippen molar-refractivity contribution in [2.75, 3.05) is 18.4 Å². The van der Waals surface area contributed by atoms with Crippen molar-refractivity contribution in [1.82, 2.24) is 29.6 Å². The van der Waals surface area contributed by atoms with Gasteiger partial charge in [-0.2, -0.15) is 15.1 Å². The van der Waals surface area contributed by atoms with Crippen LogP contribution in [0.15, 0.2) is 31.2 Å². The van der Waals surface area contributed by atoms with Gasteiger partial charge in [0.2, 0.25) is 17.7 Å². The van der Waals surface area contributed by atoms with Gasteiger partial charge >= 0.3 is 0 Å². The fraction of sp³-hybridized carbons (Fsp3) is 0.429. The number of halogens is 1. The maximum Gasteiger partial charge on any atom is 0.246 e. The predicted molar refractivity (Wildman–Crippen MR) is 113 cm³/mol. The molecule has 1 amide bonds. The highest BCUT2D eigenvalue weighted by atomic mass is 19.1. The number of anilines is 2. The van der Waals surface area contributed by atoms with Crippen LogP contribution in [-0.4, -0.2) is 60.9 Å². The maximum absolute atomic E-state index is 14.7. The van der Waals surface area contributed by atoms with Gasteiger partial charge in [-0.1, -0.05) is 6.58 Å². The van der Waals surface area contributed by atoms with E-state index in [9.17, 15) is 9.18 Å². The number of amides is 1. The molecule has 0 unspecified atom stereocenters. The molecule has 0 spiro atoms. The molecule has 1 saturated carbocycles. The van der Waals surface area contributed by atoms with E-state index in [1.54, 1.807) is 11.1 Å². The molecule has 1 aliphatic heterocycles. The van der Waals surface area contributed by atoms with Crippen molar-refractivity contribution in [1.29, 1.82) is 0 Å². The number of carbonyl (C=O) groups excluding carboxylic acids is 1. The van der Waals surface area contributed by atoms with E-state index >= 15 is 0 Å². The average molecular weight is 425 g/mol. The quantitative estimate of drug-likeness (QED) is 0.589. The van der Waals surface area contributed by atoms with E-state index in [-0.39, 0.29) is 24.8 Å². The van der Waals surface area contributed by atoms with Gasteiger partial charge in [0.15, 0.2) is 0 Å². The van der Waals surface area contributed by atoms with E-state index in [1.165, 1.54) is 6.08 Å². The number of hydrogen-bond acceptors (Lipinski definition) is 6. The van der Waals surface area contributed by atoms with Gasteiger partial charge in [0.25, 0.3) is 0 Å². The minimum absolute atomic E-state index is 0.137. The fourth-order valence-corrected chi connectivity index (χ4v) is 3.83. The SMILES string of the molecule is C=CC(=O)N1CC[C@@H](F)[C@@H](Oc2nc(Nc3cnn(C4CC4)c3)nc3[nH]cc(C)c23)C1. The van der Waals surface area contributed by atoms with Crippen molar-refractivity contribution in [3.63, 3.8) is 0 Å². The number of hydrogen-bond donors (Lipinski definition) is 2. The topological polar surface area (TPSA) is 101 Å². The number of piperidine rings is 1. The highest BCUT2D eigenvalue weighted by Crippen LogP contribution is 2.35. The lowest BCUT2D eigenvalue weighted by atomic mass is 10.1. The Morgan fingerprint density at radius 1 is 1.39 bits per heavy atom. The normalized spacial score (nSPS) is 21.3. The predicted octanol–water partition coefficient (Wildman–Crippen LogP) is 3.05. The molecule has 4 heterocycles. The third-order valence-electron chi connectivity index (χ3n) is 5.70. The van der Waals surface area contributed by atoms with Crippen LogP contribution in [0.2, 0.25) is 0 Å². The minimum Gasteiger partial charge on any atom is -0.469 e. The smallest absolute Gasteiger partial charge is 0.246 e. The largest absolute Gasteiger partial charge is 0.469 e. The van der Waals surface area contributed by atoms with Gasteiger partial charge in [-0.05, 0) is 37.8 Å². The average Bonchev–Trinajstić information content (AvgIpc) is 3.40. The molecule has 3 aromatic rings. The number of aromatic nitrogens is 5. The third-order valence-corrected chi connectivity index (χ3v) is 5.70. The lowest BCUT2D eigenvalue weighted by Crippen LogP contribution is -2.49. The van der Waals surface area contributed by atoms with Gasteiger partial charge in [0.05, 0.1) is 29.9 Å². The summed E-state index contributed by atoms with van der Waals surface area (Å²) in [7, 11) is 0. The molecule has 31 heavy (non-hydrogen) atoms. The van der Waals surface area contributed by atoms with Crippen LogP contribution in [0.1, 0.15) is 30.9 Å². The monoisotopic (exact) mass is 425 g/mol. The molecular weight excluding hydrogens is 401 g/mol. The summed E-state index contributed by atoms with van der Waals surface area (Å²) >= 11 is 0. The minimum atomic E-state index is -1.20. The second kappa shape index (κ2) is 7.68. The third kappa shape index (κ3) is 3.85.